The highest BCUT2D eigenvalue weighted by molar-refractivity contribution is 6.50. The normalized spacial score (nSPS) is 20.9. The maximum absolute atomic E-state index is 9.83. The lowest BCUT2D eigenvalue weighted by molar-refractivity contribution is 0.106. The average Bonchev–Trinajstić information content (AvgIpc) is 3.06. The second-order valence-corrected chi connectivity index (χ2v) is 6.73. The fraction of sp³-hybridized carbons (Fsp3) is 0.600. The molecule has 0 heterocycles. The summed E-state index contributed by atoms with van der Waals surface area (Å²) in [5.74, 6) is 1.79. The molecule has 0 aromatic heterocycles. The maximum Gasteiger partial charge on any atom is 0.122 e. The quantitative estimate of drug-likeness (QED) is 0.682. The molecule has 2 unspecified atom stereocenters. The third kappa shape index (κ3) is 5.55. The smallest absolute Gasteiger partial charge is 0.122 e. The predicted octanol–water partition coefficient (Wildman–Crippen LogP) is 2.61. The van der Waals surface area contributed by atoms with Crippen LogP contribution in [0.5, 0.6) is 11.5 Å². The summed E-state index contributed by atoms with van der Waals surface area (Å²) in [6.45, 7) is 3.98. The zero-order valence-electron chi connectivity index (χ0n) is 12.0. The molecule has 21 heavy (non-hydrogen) atoms. The predicted molar refractivity (Wildman–Crippen MR) is 84.5 cm³/mol. The van der Waals surface area contributed by atoms with Gasteiger partial charge in [-0.05, 0) is 37.6 Å². The molecule has 1 fully saturated rings. The highest BCUT2D eigenvalue weighted by atomic mass is 35.5. The maximum atomic E-state index is 9.83. The van der Waals surface area contributed by atoms with Crippen molar-refractivity contribution in [2.75, 3.05) is 26.3 Å². The molecule has 4 nitrogen and oxygen atoms in total. The zero-order chi connectivity index (χ0) is 15.3. The van der Waals surface area contributed by atoms with E-state index in [0.29, 0.717) is 25.4 Å². The Morgan fingerprint density at radius 1 is 1.29 bits per heavy atom. The Kier molecular flexibility index (Phi) is 5.99. The minimum absolute atomic E-state index is 0.235. The lowest BCUT2D eigenvalue weighted by Gasteiger charge is -2.13. The Balaban J connectivity index is 1.60. The first-order chi connectivity index (χ1) is 10.0. The molecule has 2 rings (SSSR count). The third-order valence-corrected chi connectivity index (χ3v) is 4.23. The van der Waals surface area contributed by atoms with Gasteiger partial charge in [0.15, 0.2) is 0 Å². The zero-order valence-corrected chi connectivity index (χ0v) is 13.5. The molecule has 1 aliphatic rings. The van der Waals surface area contributed by atoms with Gasteiger partial charge in [-0.3, -0.25) is 0 Å². The summed E-state index contributed by atoms with van der Waals surface area (Å²) in [5, 5.41) is 13.0. The highest BCUT2D eigenvalue weighted by Crippen LogP contribution is 2.52. The van der Waals surface area contributed by atoms with E-state index in [1.165, 1.54) is 0 Å². The highest BCUT2D eigenvalue weighted by Gasteiger charge is 2.50. The second-order valence-electron chi connectivity index (χ2n) is 5.19. The van der Waals surface area contributed by atoms with Gasteiger partial charge in [0.05, 0.1) is 6.61 Å². The van der Waals surface area contributed by atoms with E-state index in [2.05, 4.69) is 5.32 Å². The van der Waals surface area contributed by atoms with Gasteiger partial charge in [0.1, 0.15) is 28.5 Å². The van der Waals surface area contributed by atoms with Crippen molar-refractivity contribution >= 4 is 23.2 Å². The Hall–Kier alpha value is -0.680. The number of hydrogen-bond donors (Lipinski definition) is 2. The van der Waals surface area contributed by atoms with Crippen molar-refractivity contribution < 1.29 is 14.6 Å². The molecule has 6 heteroatoms. The number of nitrogens with one attached hydrogen (secondary N) is 1. The van der Waals surface area contributed by atoms with Crippen LogP contribution in [0.15, 0.2) is 24.3 Å². The van der Waals surface area contributed by atoms with Gasteiger partial charge in [-0.25, -0.2) is 0 Å². The van der Waals surface area contributed by atoms with Gasteiger partial charge in [0, 0.05) is 19.0 Å². The first kappa shape index (κ1) is 16.7. The molecule has 1 aromatic carbocycles. The minimum Gasteiger partial charge on any atom is -0.494 e. The van der Waals surface area contributed by atoms with Crippen LogP contribution in [-0.2, 0) is 0 Å². The largest absolute Gasteiger partial charge is 0.494 e. The van der Waals surface area contributed by atoms with Gasteiger partial charge in [-0.2, -0.15) is 0 Å². The van der Waals surface area contributed by atoms with Gasteiger partial charge in [0.2, 0.25) is 0 Å². The van der Waals surface area contributed by atoms with E-state index >= 15 is 0 Å². The van der Waals surface area contributed by atoms with Crippen LogP contribution in [0.25, 0.3) is 0 Å². The number of halogens is 2. The van der Waals surface area contributed by atoms with Crippen molar-refractivity contribution in [3.05, 3.63) is 24.3 Å². The SMILES string of the molecule is CCOc1ccc(OCC(O)CNCC2CC2(Cl)Cl)cc1. The van der Waals surface area contributed by atoms with Gasteiger partial charge in [-0.1, -0.05) is 0 Å². The molecule has 0 radical (unpaired) electrons. The van der Waals surface area contributed by atoms with E-state index in [1.807, 2.05) is 31.2 Å². The van der Waals surface area contributed by atoms with Crippen molar-refractivity contribution in [1.82, 2.24) is 5.32 Å². The molecular formula is C15H21Cl2NO3. The lowest BCUT2D eigenvalue weighted by Crippen LogP contribution is -2.33. The first-order valence-corrected chi connectivity index (χ1v) is 7.89. The van der Waals surface area contributed by atoms with Crippen LogP contribution in [0, 0.1) is 5.92 Å². The summed E-state index contributed by atoms with van der Waals surface area (Å²) in [4.78, 5) is 0. The summed E-state index contributed by atoms with van der Waals surface area (Å²) in [6.07, 6.45) is 0.234. The van der Waals surface area contributed by atoms with Crippen molar-refractivity contribution in [2.24, 2.45) is 5.92 Å². The summed E-state index contributed by atoms with van der Waals surface area (Å²) in [7, 11) is 0. The van der Waals surface area contributed by atoms with E-state index in [0.717, 1.165) is 12.2 Å². The third-order valence-electron chi connectivity index (χ3n) is 3.30. The molecule has 0 aliphatic heterocycles. The van der Waals surface area contributed by atoms with Crippen molar-refractivity contribution in [3.63, 3.8) is 0 Å². The molecule has 0 amide bonds. The van der Waals surface area contributed by atoms with E-state index in [-0.39, 0.29) is 12.5 Å². The van der Waals surface area contributed by atoms with Crippen molar-refractivity contribution in [3.8, 4) is 11.5 Å². The number of aliphatic hydroxyl groups is 1. The molecule has 0 saturated heterocycles. The molecule has 0 bridgehead atoms. The van der Waals surface area contributed by atoms with Crippen LogP contribution < -0.4 is 14.8 Å². The van der Waals surface area contributed by atoms with Crippen LogP contribution in [-0.4, -0.2) is 41.8 Å². The van der Waals surface area contributed by atoms with E-state index in [9.17, 15) is 5.11 Å². The summed E-state index contributed by atoms with van der Waals surface area (Å²) in [6, 6.07) is 7.34. The summed E-state index contributed by atoms with van der Waals surface area (Å²) >= 11 is 11.9. The van der Waals surface area contributed by atoms with Crippen molar-refractivity contribution in [2.45, 2.75) is 23.8 Å². The first-order valence-electron chi connectivity index (χ1n) is 7.13. The molecule has 2 N–H and O–H groups in total. The molecule has 2 atom stereocenters. The van der Waals surface area contributed by atoms with Gasteiger partial charge < -0.3 is 19.9 Å². The Morgan fingerprint density at radius 2 is 1.86 bits per heavy atom. The number of benzene rings is 1. The molecule has 0 spiro atoms. The summed E-state index contributed by atoms with van der Waals surface area (Å²) in [5.41, 5.74) is 0. The molecule has 118 valence electrons. The molecule has 1 saturated carbocycles. The fourth-order valence-corrected chi connectivity index (χ4v) is 2.49. The van der Waals surface area contributed by atoms with Crippen LogP contribution in [0.4, 0.5) is 0 Å². The standard InChI is InChI=1S/C15H21Cl2NO3/c1-2-20-13-3-5-14(6-4-13)21-10-12(19)9-18-8-11-7-15(11,16)17/h3-6,11-12,18-19H,2,7-10H2,1H3. The molecular weight excluding hydrogens is 313 g/mol. The van der Waals surface area contributed by atoms with Gasteiger partial charge in [-0.15, -0.1) is 23.2 Å². The Labute approximate surface area is 135 Å². The monoisotopic (exact) mass is 333 g/mol. The second kappa shape index (κ2) is 7.54. The van der Waals surface area contributed by atoms with Gasteiger partial charge in [0.25, 0.3) is 0 Å². The van der Waals surface area contributed by atoms with E-state index in [1.54, 1.807) is 0 Å². The number of ether oxygens (including phenoxy) is 2. The Bertz CT molecular complexity index is 439. The number of aliphatic hydroxyl groups excluding tert-OH is 1. The topological polar surface area (TPSA) is 50.7 Å². The summed E-state index contributed by atoms with van der Waals surface area (Å²) < 4.78 is 10.3. The number of alkyl halides is 2. The van der Waals surface area contributed by atoms with Crippen LogP contribution in [0.3, 0.4) is 0 Å². The number of hydrogen-bond acceptors (Lipinski definition) is 4. The van der Waals surface area contributed by atoms with E-state index in [4.69, 9.17) is 32.7 Å². The van der Waals surface area contributed by atoms with Crippen molar-refractivity contribution in [1.29, 1.82) is 0 Å². The van der Waals surface area contributed by atoms with Crippen LogP contribution in [0.2, 0.25) is 0 Å². The average molecular weight is 334 g/mol. The van der Waals surface area contributed by atoms with Crippen LogP contribution in [0.1, 0.15) is 13.3 Å². The molecule has 1 aliphatic carbocycles. The van der Waals surface area contributed by atoms with Crippen LogP contribution >= 0.6 is 23.2 Å². The van der Waals surface area contributed by atoms with E-state index < -0.39 is 10.4 Å². The Morgan fingerprint density at radius 3 is 2.38 bits per heavy atom. The lowest BCUT2D eigenvalue weighted by atomic mass is 10.3. The number of rotatable bonds is 9. The van der Waals surface area contributed by atoms with Gasteiger partial charge >= 0.3 is 0 Å². The minimum atomic E-state index is -0.574. The fourth-order valence-electron chi connectivity index (χ4n) is 1.97. The molecule has 1 aromatic rings.